The molecule has 0 fully saturated rings. The van der Waals surface area contributed by atoms with Gasteiger partial charge in [-0.1, -0.05) is 18.0 Å². The minimum Gasteiger partial charge on any atom is -0.399 e. The molecule has 1 aromatic carbocycles. The molecule has 0 aliphatic carbocycles. The summed E-state index contributed by atoms with van der Waals surface area (Å²) in [5.74, 6) is -7.82. The lowest BCUT2D eigenvalue weighted by Crippen LogP contribution is -2.43. The Balaban J connectivity index is 2.40. The molecule has 134 valence electrons. The highest BCUT2D eigenvalue weighted by molar-refractivity contribution is 6.34. The third kappa shape index (κ3) is 5.15. The van der Waals surface area contributed by atoms with Crippen LogP contribution in [0.1, 0.15) is 42.5 Å². The summed E-state index contributed by atoms with van der Waals surface area (Å²) in [6, 6.07) is 4.38. The van der Waals surface area contributed by atoms with Crippen molar-refractivity contribution in [1.29, 1.82) is 0 Å². The summed E-state index contributed by atoms with van der Waals surface area (Å²) in [5, 5.41) is 0.217. The standard InChI is InChI=1S/C15H15ClF5NO2/c16-11-7-6-9(22)8-10(11)12(23)4-2-1-3-5-13(24)14(17,18)15(19,20)21/h6-8H,1-5,22H2. The zero-order valence-electron chi connectivity index (χ0n) is 12.4. The number of nitrogen functional groups attached to an aromatic ring is 1. The van der Waals surface area contributed by atoms with E-state index in [9.17, 15) is 31.5 Å². The van der Waals surface area contributed by atoms with Gasteiger partial charge in [-0.05, 0) is 31.0 Å². The molecule has 0 aromatic heterocycles. The molecule has 0 atom stereocenters. The van der Waals surface area contributed by atoms with E-state index in [0.29, 0.717) is 5.69 Å². The molecule has 24 heavy (non-hydrogen) atoms. The van der Waals surface area contributed by atoms with E-state index in [1.807, 2.05) is 0 Å². The average Bonchev–Trinajstić information content (AvgIpc) is 2.47. The van der Waals surface area contributed by atoms with Crippen LogP contribution in [0.15, 0.2) is 18.2 Å². The summed E-state index contributed by atoms with van der Waals surface area (Å²) >= 11 is 5.85. The summed E-state index contributed by atoms with van der Waals surface area (Å²) in [6.07, 6.45) is -6.54. The fourth-order valence-corrected chi connectivity index (χ4v) is 2.18. The molecule has 0 radical (unpaired) electrons. The summed E-state index contributed by atoms with van der Waals surface area (Å²) in [4.78, 5) is 22.9. The van der Waals surface area contributed by atoms with Gasteiger partial charge in [0.2, 0.25) is 5.78 Å². The molecule has 0 bridgehead atoms. The van der Waals surface area contributed by atoms with Crippen LogP contribution in [0.5, 0.6) is 0 Å². The van der Waals surface area contributed by atoms with Gasteiger partial charge in [0.15, 0.2) is 5.78 Å². The summed E-state index contributed by atoms with van der Waals surface area (Å²) < 4.78 is 61.4. The molecule has 0 heterocycles. The van der Waals surface area contributed by atoms with Crippen molar-refractivity contribution >= 4 is 28.9 Å². The molecular weight excluding hydrogens is 357 g/mol. The molecule has 0 unspecified atom stereocenters. The Hall–Kier alpha value is -1.70. The number of anilines is 1. The number of nitrogens with two attached hydrogens (primary N) is 1. The second kappa shape index (κ2) is 7.92. The largest absolute Gasteiger partial charge is 0.461 e. The van der Waals surface area contributed by atoms with Crippen molar-refractivity contribution in [2.45, 2.75) is 44.2 Å². The normalized spacial score (nSPS) is 12.2. The van der Waals surface area contributed by atoms with Gasteiger partial charge in [-0.15, -0.1) is 0 Å². The second-order valence-corrected chi connectivity index (χ2v) is 5.63. The third-order valence-electron chi connectivity index (χ3n) is 3.30. The van der Waals surface area contributed by atoms with E-state index in [2.05, 4.69) is 0 Å². The Morgan fingerprint density at radius 3 is 2.17 bits per heavy atom. The van der Waals surface area contributed by atoms with Crippen molar-refractivity contribution in [3.05, 3.63) is 28.8 Å². The monoisotopic (exact) mass is 371 g/mol. The minimum atomic E-state index is -5.88. The van der Waals surface area contributed by atoms with Gasteiger partial charge in [0, 0.05) is 24.1 Å². The number of ketones is 2. The van der Waals surface area contributed by atoms with E-state index in [1.165, 1.54) is 18.2 Å². The lowest BCUT2D eigenvalue weighted by molar-refractivity contribution is -0.268. The van der Waals surface area contributed by atoms with E-state index >= 15 is 0 Å². The Labute approximate surface area is 140 Å². The van der Waals surface area contributed by atoms with Crippen molar-refractivity contribution in [2.24, 2.45) is 0 Å². The lowest BCUT2D eigenvalue weighted by atomic mass is 10.0. The van der Waals surface area contributed by atoms with Crippen molar-refractivity contribution in [2.75, 3.05) is 5.73 Å². The molecule has 3 nitrogen and oxygen atoms in total. The zero-order chi connectivity index (χ0) is 18.5. The van der Waals surface area contributed by atoms with Crippen molar-refractivity contribution in [1.82, 2.24) is 0 Å². The van der Waals surface area contributed by atoms with Crippen LogP contribution < -0.4 is 5.73 Å². The molecule has 0 aliphatic rings. The Morgan fingerprint density at radius 2 is 1.58 bits per heavy atom. The highest BCUT2D eigenvalue weighted by Crippen LogP contribution is 2.37. The van der Waals surface area contributed by atoms with E-state index in [-0.39, 0.29) is 42.1 Å². The van der Waals surface area contributed by atoms with Crippen LogP contribution >= 0.6 is 11.6 Å². The Bertz CT molecular complexity index is 616. The van der Waals surface area contributed by atoms with Crippen LogP contribution in [-0.2, 0) is 4.79 Å². The van der Waals surface area contributed by atoms with Gasteiger partial charge in [0.1, 0.15) is 0 Å². The maximum atomic E-state index is 12.7. The number of alkyl halides is 5. The highest BCUT2D eigenvalue weighted by Gasteiger charge is 2.62. The number of hydrogen-bond donors (Lipinski definition) is 1. The molecule has 1 aromatic rings. The SMILES string of the molecule is Nc1ccc(Cl)c(C(=O)CCCCCC(=O)C(F)(F)C(F)(F)F)c1. The highest BCUT2D eigenvalue weighted by atomic mass is 35.5. The van der Waals surface area contributed by atoms with Crippen molar-refractivity contribution in [3.8, 4) is 0 Å². The predicted octanol–water partition coefficient (Wildman–Crippen LogP) is 4.82. The fourth-order valence-electron chi connectivity index (χ4n) is 1.95. The van der Waals surface area contributed by atoms with Crippen LogP contribution in [0.25, 0.3) is 0 Å². The first-order valence-electron chi connectivity index (χ1n) is 7.03. The minimum absolute atomic E-state index is 0.0209. The first kappa shape index (κ1) is 20.3. The topological polar surface area (TPSA) is 60.2 Å². The number of Topliss-reactive ketones (excluding diaryl/α,β-unsaturated/α-hetero) is 2. The van der Waals surface area contributed by atoms with Crippen LogP contribution in [0.4, 0.5) is 27.6 Å². The van der Waals surface area contributed by atoms with Gasteiger partial charge in [-0.25, -0.2) is 0 Å². The first-order valence-corrected chi connectivity index (χ1v) is 7.40. The number of unbranched alkanes of at least 4 members (excludes halogenated alkanes) is 2. The summed E-state index contributed by atoms with van der Waals surface area (Å²) in [6.45, 7) is 0. The molecule has 0 amide bonds. The van der Waals surface area contributed by atoms with Gasteiger partial charge in [-0.3, -0.25) is 9.59 Å². The van der Waals surface area contributed by atoms with Crippen molar-refractivity contribution in [3.63, 3.8) is 0 Å². The van der Waals surface area contributed by atoms with Crippen LogP contribution in [0, 0.1) is 0 Å². The molecule has 0 spiro atoms. The first-order chi connectivity index (χ1) is 11.0. The summed E-state index contributed by atoms with van der Waals surface area (Å²) in [5.41, 5.74) is 6.11. The van der Waals surface area contributed by atoms with E-state index < -0.39 is 24.3 Å². The third-order valence-corrected chi connectivity index (χ3v) is 3.63. The number of hydrogen-bond acceptors (Lipinski definition) is 3. The van der Waals surface area contributed by atoms with Gasteiger partial charge >= 0.3 is 12.1 Å². The second-order valence-electron chi connectivity index (χ2n) is 5.22. The molecule has 1 rings (SSSR count). The van der Waals surface area contributed by atoms with Gasteiger partial charge in [-0.2, -0.15) is 22.0 Å². The quantitative estimate of drug-likeness (QED) is 0.308. The zero-order valence-corrected chi connectivity index (χ0v) is 13.2. The van der Waals surface area contributed by atoms with Crippen LogP contribution in [0.2, 0.25) is 5.02 Å². The summed E-state index contributed by atoms with van der Waals surface area (Å²) in [7, 11) is 0. The predicted molar refractivity (Wildman–Crippen MR) is 79.3 cm³/mol. The molecule has 2 N–H and O–H groups in total. The van der Waals surface area contributed by atoms with E-state index in [1.54, 1.807) is 0 Å². The lowest BCUT2D eigenvalue weighted by Gasteiger charge is -2.17. The Morgan fingerprint density at radius 1 is 1.00 bits per heavy atom. The van der Waals surface area contributed by atoms with Gasteiger partial charge < -0.3 is 5.73 Å². The molecular formula is C15H15ClF5NO2. The van der Waals surface area contributed by atoms with Gasteiger partial charge in [0.25, 0.3) is 0 Å². The molecule has 9 heteroatoms. The van der Waals surface area contributed by atoms with Crippen LogP contribution in [0.3, 0.4) is 0 Å². The molecule has 0 saturated heterocycles. The van der Waals surface area contributed by atoms with Crippen LogP contribution in [-0.4, -0.2) is 23.7 Å². The number of carbonyl (C=O) groups excluding carboxylic acids is 2. The Kier molecular flexibility index (Phi) is 6.71. The number of benzene rings is 1. The molecule has 0 saturated carbocycles. The maximum absolute atomic E-state index is 12.7. The maximum Gasteiger partial charge on any atom is 0.461 e. The fraction of sp³-hybridized carbons (Fsp3) is 0.467. The number of carbonyl (C=O) groups is 2. The van der Waals surface area contributed by atoms with E-state index in [4.69, 9.17) is 17.3 Å². The van der Waals surface area contributed by atoms with E-state index in [0.717, 1.165) is 0 Å². The number of halogens is 6. The smallest absolute Gasteiger partial charge is 0.399 e. The van der Waals surface area contributed by atoms with Crippen molar-refractivity contribution < 1.29 is 31.5 Å². The molecule has 0 aliphatic heterocycles. The number of rotatable bonds is 8. The van der Waals surface area contributed by atoms with Gasteiger partial charge in [0.05, 0.1) is 5.02 Å². The average molecular weight is 372 g/mol.